The summed E-state index contributed by atoms with van der Waals surface area (Å²) in [4.78, 5) is 39.9. The van der Waals surface area contributed by atoms with Crippen molar-refractivity contribution < 1.29 is 33.0 Å². The summed E-state index contributed by atoms with van der Waals surface area (Å²) in [6, 6.07) is 3.48. The van der Waals surface area contributed by atoms with Gasteiger partial charge >= 0.3 is 11.9 Å². The zero-order chi connectivity index (χ0) is 25.0. The molecule has 0 spiro atoms. The molecule has 2 aliphatic carbocycles. The Morgan fingerprint density at radius 1 is 1.23 bits per heavy atom. The highest BCUT2D eigenvalue weighted by Crippen LogP contribution is 2.66. The largest absolute Gasteiger partial charge is 0.490 e. The minimum Gasteiger partial charge on any atom is -0.490 e. The van der Waals surface area contributed by atoms with Gasteiger partial charge in [-0.3, -0.25) is 9.59 Å². The molecule has 5 rings (SSSR count). The first-order valence-corrected chi connectivity index (χ1v) is 12.6. The number of thiophene rings is 1. The predicted octanol–water partition coefficient (Wildman–Crippen LogP) is 5.47. The Hall–Kier alpha value is -3.13. The molecule has 3 aliphatic rings. The van der Waals surface area contributed by atoms with Crippen molar-refractivity contribution in [1.82, 2.24) is 0 Å². The van der Waals surface area contributed by atoms with Crippen LogP contribution in [0, 0.1) is 28.6 Å². The molecule has 2 fully saturated rings. The van der Waals surface area contributed by atoms with Gasteiger partial charge in [0.25, 0.3) is 0 Å². The Bertz CT molecular complexity index is 1190. The predicted molar refractivity (Wildman–Crippen MR) is 127 cm³/mol. The van der Waals surface area contributed by atoms with E-state index in [1.165, 1.54) is 24.5 Å². The number of rotatable bonds is 4. The van der Waals surface area contributed by atoms with Crippen molar-refractivity contribution >= 4 is 29.1 Å². The number of carbonyl (C=O) groups excluding carboxylic acids is 3. The van der Waals surface area contributed by atoms with E-state index in [-0.39, 0.29) is 23.6 Å². The first-order chi connectivity index (χ1) is 16.7. The number of ketones is 1. The highest BCUT2D eigenvalue weighted by molar-refractivity contribution is 7.08. The van der Waals surface area contributed by atoms with E-state index in [0.717, 1.165) is 12.0 Å². The molecule has 2 aromatic heterocycles. The van der Waals surface area contributed by atoms with Crippen LogP contribution in [0.5, 0.6) is 0 Å². The molecule has 0 aromatic carbocycles. The van der Waals surface area contributed by atoms with Gasteiger partial charge in [0.2, 0.25) is 5.78 Å². The molecule has 6 atom stereocenters. The molecule has 0 amide bonds. The monoisotopic (exact) mass is 496 g/mol. The number of esters is 2. The van der Waals surface area contributed by atoms with Gasteiger partial charge in [-0.2, -0.15) is 11.3 Å². The number of hydrogen-bond acceptors (Lipinski definition) is 8. The van der Waals surface area contributed by atoms with E-state index in [1.54, 1.807) is 29.4 Å². The van der Waals surface area contributed by atoms with Gasteiger partial charge in [0, 0.05) is 22.8 Å². The lowest BCUT2D eigenvalue weighted by Crippen LogP contribution is -2.60. The summed E-state index contributed by atoms with van der Waals surface area (Å²) in [6.07, 6.45) is 6.23. The van der Waals surface area contributed by atoms with Crippen LogP contribution in [0.25, 0.3) is 0 Å². The summed E-state index contributed by atoms with van der Waals surface area (Å²) in [5.74, 6) is -2.25. The number of carbonyl (C=O) groups is 3. The van der Waals surface area contributed by atoms with Crippen LogP contribution in [0.2, 0.25) is 0 Å². The maximum absolute atomic E-state index is 14.1. The Morgan fingerprint density at radius 2 is 2.03 bits per heavy atom. The third kappa shape index (κ3) is 3.66. The highest BCUT2D eigenvalue weighted by atomic mass is 32.1. The number of fused-ring (bicyclic) bond motifs is 3. The molecule has 2 aromatic rings. The van der Waals surface area contributed by atoms with E-state index < -0.39 is 34.6 Å². The first kappa shape index (κ1) is 23.6. The molecule has 0 bridgehead atoms. The van der Waals surface area contributed by atoms with Crippen molar-refractivity contribution in [3.05, 3.63) is 70.7 Å². The molecule has 8 heteroatoms. The Labute approximate surface area is 207 Å². The first-order valence-electron chi connectivity index (χ1n) is 11.6. The maximum atomic E-state index is 14.1. The Morgan fingerprint density at radius 3 is 2.69 bits per heavy atom. The fourth-order valence-electron chi connectivity index (χ4n) is 6.61. The van der Waals surface area contributed by atoms with E-state index in [9.17, 15) is 14.4 Å². The molecule has 1 saturated heterocycles. The van der Waals surface area contributed by atoms with Crippen LogP contribution < -0.4 is 0 Å². The number of allylic oxidation sites excluding steroid dienone is 2. The molecule has 1 aliphatic heterocycles. The third-order valence-electron chi connectivity index (χ3n) is 8.26. The second-order valence-electron chi connectivity index (χ2n) is 10.2. The van der Waals surface area contributed by atoms with Gasteiger partial charge in [-0.15, -0.1) is 0 Å². The van der Waals surface area contributed by atoms with Crippen molar-refractivity contribution in [3.63, 3.8) is 0 Å². The van der Waals surface area contributed by atoms with E-state index in [1.807, 2.05) is 13.0 Å². The lowest BCUT2D eigenvalue weighted by Gasteiger charge is -2.60. The second-order valence-corrected chi connectivity index (χ2v) is 10.9. The fourth-order valence-corrected chi connectivity index (χ4v) is 7.24. The third-order valence-corrected chi connectivity index (χ3v) is 8.94. The lowest BCUT2D eigenvalue weighted by molar-refractivity contribution is -0.174. The number of ether oxygens (including phenoxy) is 3. The zero-order valence-corrected chi connectivity index (χ0v) is 20.8. The number of hydrogen-bond donors (Lipinski definition) is 0. The van der Waals surface area contributed by atoms with E-state index in [0.29, 0.717) is 24.2 Å². The molecule has 0 radical (unpaired) electrons. The molecular formula is C27H28O7S. The highest BCUT2D eigenvalue weighted by Gasteiger charge is 2.65. The average molecular weight is 497 g/mol. The van der Waals surface area contributed by atoms with Crippen LogP contribution in [0.1, 0.15) is 55.1 Å². The van der Waals surface area contributed by atoms with Crippen LogP contribution in [0.15, 0.2) is 64.0 Å². The minimum absolute atomic E-state index is 0.0853. The summed E-state index contributed by atoms with van der Waals surface area (Å²) in [7, 11) is 1.33. The number of Topliss-reactive ketones (excluding diaryl/α,β-unsaturated/α-hetero) is 1. The topological polar surface area (TPSA) is 92.0 Å². The fraction of sp³-hybridized carbons (Fsp3) is 0.444. The number of furan rings is 1. The SMILES string of the molecule is C=C1O[C@H](c2ccoc2)C[C@]2(C)[C@H]3C(=O)C(OC(=O)c4ccsc4)=C[C@@H](C(=O)OC)[C@]3(C)CC[C@@H]12. The molecule has 3 heterocycles. The molecule has 7 nitrogen and oxygen atoms in total. The van der Waals surface area contributed by atoms with Crippen molar-refractivity contribution in [3.8, 4) is 0 Å². The van der Waals surface area contributed by atoms with Gasteiger partial charge in [0.05, 0.1) is 36.9 Å². The van der Waals surface area contributed by atoms with Crippen molar-refractivity contribution in [2.45, 2.75) is 39.2 Å². The molecule has 0 unspecified atom stereocenters. The molecule has 35 heavy (non-hydrogen) atoms. The van der Waals surface area contributed by atoms with Gasteiger partial charge in [-0.05, 0) is 53.7 Å². The Balaban J connectivity index is 1.58. The van der Waals surface area contributed by atoms with Gasteiger partial charge in [-0.1, -0.05) is 20.4 Å². The quantitative estimate of drug-likeness (QED) is 0.519. The standard InChI is InChI=1S/C27H28O7S/c1-15-18-5-8-26(2)19(25(30)31-4)11-20(34-24(29)17-7-10-35-14-17)22(28)23(26)27(18,3)12-21(33-15)16-6-9-32-13-16/h6-7,9-11,13-14,18-19,21,23H,1,5,8,12H2,2-4H3/t18-,19-,21-,23-,26-,27-/m0/s1. The summed E-state index contributed by atoms with van der Waals surface area (Å²) >= 11 is 1.36. The van der Waals surface area contributed by atoms with Crippen molar-refractivity contribution in [1.29, 1.82) is 0 Å². The van der Waals surface area contributed by atoms with Gasteiger partial charge in [-0.25, -0.2) is 4.79 Å². The van der Waals surface area contributed by atoms with Gasteiger partial charge < -0.3 is 18.6 Å². The van der Waals surface area contributed by atoms with Crippen LogP contribution in [-0.4, -0.2) is 24.8 Å². The van der Waals surface area contributed by atoms with Gasteiger partial charge in [0.1, 0.15) is 6.10 Å². The van der Waals surface area contributed by atoms with Crippen molar-refractivity contribution in [2.24, 2.45) is 28.6 Å². The second kappa shape index (κ2) is 8.52. The number of methoxy groups -OCH3 is 1. The lowest BCUT2D eigenvalue weighted by atomic mass is 9.44. The Kier molecular flexibility index (Phi) is 5.74. The normalized spacial score (nSPS) is 34.2. The smallest absolute Gasteiger partial charge is 0.344 e. The van der Waals surface area contributed by atoms with E-state index >= 15 is 0 Å². The molecular weight excluding hydrogens is 468 g/mol. The van der Waals surface area contributed by atoms with E-state index in [2.05, 4.69) is 13.5 Å². The van der Waals surface area contributed by atoms with Gasteiger partial charge in [0.15, 0.2) is 5.76 Å². The van der Waals surface area contributed by atoms with Crippen LogP contribution >= 0.6 is 11.3 Å². The minimum atomic E-state index is -0.735. The van der Waals surface area contributed by atoms with Crippen LogP contribution in [0.3, 0.4) is 0 Å². The van der Waals surface area contributed by atoms with Crippen LogP contribution in [-0.2, 0) is 23.8 Å². The molecule has 1 saturated carbocycles. The average Bonchev–Trinajstić information content (AvgIpc) is 3.54. The maximum Gasteiger partial charge on any atom is 0.344 e. The zero-order valence-electron chi connectivity index (χ0n) is 19.9. The summed E-state index contributed by atoms with van der Waals surface area (Å²) < 4.78 is 22.2. The van der Waals surface area contributed by atoms with Crippen LogP contribution in [0.4, 0.5) is 0 Å². The summed E-state index contributed by atoms with van der Waals surface area (Å²) in [5.41, 5.74) is -0.0850. The van der Waals surface area contributed by atoms with Crippen molar-refractivity contribution in [2.75, 3.05) is 7.11 Å². The molecule has 0 N–H and O–H groups in total. The summed E-state index contributed by atoms with van der Waals surface area (Å²) in [6.45, 7) is 8.24. The molecule has 184 valence electrons. The summed E-state index contributed by atoms with van der Waals surface area (Å²) in [5, 5.41) is 3.42. The van der Waals surface area contributed by atoms with E-state index in [4.69, 9.17) is 18.6 Å².